The predicted octanol–water partition coefficient (Wildman–Crippen LogP) is 26.0. The van der Waals surface area contributed by atoms with Gasteiger partial charge in [-0.3, -0.25) is 37.3 Å². The lowest BCUT2D eigenvalue weighted by atomic mass is 10.0. The molecule has 0 aromatic rings. The minimum atomic E-state index is -4.96. The Morgan fingerprint density at radius 3 is 0.654 bits per heavy atom. The van der Waals surface area contributed by atoms with Crippen LogP contribution in [0.3, 0.4) is 0 Å². The standard InChI is InChI=1S/C85H166O17P2/c1-6-9-12-15-18-20-22-24-26-28-29-30-34-38-41-45-49-54-59-64-69-83(88)96-75-81(102-85(90)71-66-61-56-51-47-43-39-35-32-31-33-36-40-44-48-53-57-62-67-78(4)5)77-100-104(93,94)98-73-79(86)72-97-103(91,92)99-76-80(74-95-82(87)68-63-58-52-17-14-11-8-3)101-84(89)70-65-60-55-50-46-42-37-27-25-23-21-19-16-13-10-7-2/h78-81,86H,6-77H2,1-5H3,(H,91,92)(H,93,94)/t79-,80+,81+/m0/s1. The normalized spacial score (nSPS) is 13.8. The fourth-order valence-corrected chi connectivity index (χ4v) is 14.9. The van der Waals surface area contributed by atoms with Crippen LogP contribution in [0.15, 0.2) is 0 Å². The average Bonchev–Trinajstić information content (AvgIpc) is 0.910. The van der Waals surface area contributed by atoms with Gasteiger partial charge in [0.25, 0.3) is 0 Å². The largest absolute Gasteiger partial charge is 0.472 e. The number of phosphoric acid groups is 2. The number of aliphatic hydroxyl groups is 1. The van der Waals surface area contributed by atoms with Crippen molar-refractivity contribution in [3.8, 4) is 0 Å². The predicted molar refractivity (Wildman–Crippen MR) is 428 cm³/mol. The number of ether oxygens (including phenoxy) is 4. The van der Waals surface area contributed by atoms with Crippen LogP contribution < -0.4 is 0 Å². The maximum Gasteiger partial charge on any atom is 0.472 e. The Balaban J connectivity index is 5.16. The molecule has 0 aromatic carbocycles. The third-order valence-corrected chi connectivity index (χ3v) is 21.9. The molecule has 0 bridgehead atoms. The molecule has 104 heavy (non-hydrogen) atoms. The summed E-state index contributed by atoms with van der Waals surface area (Å²) >= 11 is 0. The van der Waals surface area contributed by atoms with E-state index < -0.39 is 97.5 Å². The zero-order valence-electron chi connectivity index (χ0n) is 68.2. The Morgan fingerprint density at radius 2 is 0.442 bits per heavy atom. The number of hydrogen-bond donors (Lipinski definition) is 3. The highest BCUT2D eigenvalue weighted by atomic mass is 31.2. The highest BCUT2D eigenvalue weighted by Gasteiger charge is 2.30. The highest BCUT2D eigenvalue weighted by molar-refractivity contribution is 7.47. The lowest BCUT2D eigenvalue weighted by Crippen LogP contribution is -2.30. The van der Waals surface area contributed by atoms with Gasteiger partial charge in [0.1, 0.15) is 19.3 Å². The number of carbonyl (C=O) groups excluding carboxylic acids is 4. The summed E-state index contributed by atoms with van der Waals surface area (Å²) in [5, 5.41) is 10.6. The first-order valence-corrected chi connectivity index (χ1v) is 47.1. The number of carbonyl (C=O) groups is 4. The number of hydrogen-bond acceptors (Lipinski definition) is 15. The fourth-order valence-electron chi connectivity index (χ4n) is 13.3. The molecule has 2 unspecified atom stereocenters. The van der Waals surface area contributed by atoms with Gasteiger partial charge in [0.2, 0.25) is 0 Å². The van der Waals surface area contributed by atoms with Gasteiger partial charge in [0.05, 0.1) is 26.4 Å². The number of phosphoric ester groups is 2. The molecule has 3 N–H and O–H groups in total. The third-order valence-electron chi connectivity index (χ3n) is 20.0. The lowest BCUT2D eigenvalue weighted by molar-refractivity contribution is -0.161. The maximum atomic E-state index is 13.1. The SMILES string of the molecule is CCCCCCCCCCCCCCCCCCCCCCC(=O)OC[C@H](COP(=O)(O)OC[C@@H](O)COP(=O)(O)OC[C@@H](COC(=O)CCCCCCCCC)OC(=O)CCCCCCCCCCCCCCCCCC)OC(=O)CCCCCCCCCCCCCCCCCCCCC(C)C. The van der Waals surface area contributed by atoms with E-state index >= 15 is 0 Å². The van der Waals surface area contributed by atoms with E-state index in [9.17, 15) is 43.2 Å². The van der Waals surface area contributed by atoms with E-state index in [1.54, 1.807) is 0 Å². The van der Waals surface area contributed by atoms with Gasteiger partial charge in [-0.25, -0.2) is 9.13 Å². The monoisotopic (exact) mass is 1520 g/mol. The quantitative estimate of drug-likeness (QED) is 0.0222. The first-order chi connectivity index (χ1) is 50.5. The van der Waals surface area contributed by atoms with Crippen molar-refractivity contribution >= 4 is 39.5 Å². The first kappa shape index (κ1) is 102. The van der Waals surface area contributed by atoms with Crippen molar-refractivity contribution in [2.45, 2.75) is 477 Å². The minimum absolute atomic E-state index is 0.108. The summed E-state index contributed by atoms with van der Waals surface area (Å²) in [6, 6.07) is 0. The molecule has 0 rings (SSSR count). The molecule has 0 aliphatic carbocycles. The molecular formula is C85H166O17P2. The highest BCUT2D eigenvalue weighted by Crippen LogP contribution is 2.45. The van der Waals surface area contributed by atoms with Crippen molar-refractivity contribution in [3.63, 3.8) is 0 Å². The summed E-state index contributed by atoms with van der Waals surface area (Å²) < 4.78 is 68.7. The van der Waals surface area contributed by atoms with Gasteiger partial charge in [0.15, 0.2) is 12.2 Å². The molecule has 0 aliphatic heterocycles. The van der Waals surface area contributed by atoms with Crippen molar-refractivity contribution in [1.82, 2.24) is 0 Å². The van der Waals surface area contributed by atoms with E-state index in [2.05, 4.69) is 34.6 Å². The molecule has 0 aliphatic rings. The number of unbranched alkanes of at least 4 members (excludes halogenated alkanes) is 57. The van der Waals surface area contributed by atoms with Crippen LogP contribution in [0.5, 0.6) is 0 Å². The summed E-state index contributed by atoms with van der Waals surface area (Å²) in [5.74, 6) is -1.29. The van der Waals surface area contributed by atoms with Crippen LogP contribution in [-0.2, 0) is 65.4 Å². The van der Waals surface area contributed by atoms with E-state index in [0.717, 1.165) is 109 Å². The van der Waals surface area contributed by atoms with Crippen LogP contribution in [0.25, 0.3) is 0 Å². The van der Waals surface area contributed by atoms with E-state index in [1.165, 1.54) is 270 Å². The van der Waals surface area contributed by atoms with Crippen molar-refractivity contribution in [3.05, 3.63) is 0 Å². The summed E-state index contributed by atoms with van der Waals surface area (Å²) in [4.78, 5) is 73.0. The Kier molecular flexibility index (Phi) is 76.3. The van der Waals surface area contributed by atoms with Gasteiger partial charge >= 0.3 is 39.5 Å². The zero-order chi connectivity index (χ0) is 76.2. The molecule has 0 fully saturated rings. The van der Waals surface area contributed by atoms with Gasteiger partial charge in [-0.05, 0) is 31.6 Å². The van der Waals surface area contributed by atoms with Crippen LogP contribution in [0, 0.1) is 5.92 Å². The van der Waals surface area contributed by atoms with E-state index in [1.807, 2.05) is 0 Å². The van der Waals surface area contributed by atoms with Crippen molar-refractivity contribution in [2.75, 3.05) is 39.6 Å². The third kappa shape index (κ3) is 78.2. The summed E-state index contributed by atoms with van der Waals surface area (Å²) in [6.45, 7) is 7.35. The fraction of sp³-hybridized carbons (Fsp3) is 0.953. The van der Waals surface area contributed by atoms with E-state index in [0.29, 0.717) is 25.7 Å². The van der Waals surface area contributed by atoms with Crippen molar-refractivity contribution in [1.29, 1.82) is 0 Å². The second-order valence-electron chi connectivity index (χ2n) is 31.1. The average molecular weight is 1520 g/mol. The number of esters is 4. The molecule has 5 atom stereocenters. The van der Waals surface area contributed by atoms with Crippen LogP contribution in [-0.4, -0.2) is 96.7 Å². The first-order valence-electron chi connectivity index (χ1n) is 44.1. The van der Waals surface area contributed by atoms with Crippen LogP contribution in [0.2, 0.25) is 0 Å². The lowest BCUT2D eigenvalue weighted by Gasteiger charge is -2.21. The second kappa shape index (κ2) is 77.8. The molecule has 0 amide bonds. The Bertz CT molecular complexity index is 1980. The Labute approximate surface area is 638 Å². The van der Waals surface area contributed by atoms with Gasteiger partial charge < -0.3 is 33.8 Å². The van der Waals surface area contributed by atoms with Crippen molar-refractivity contribution in [2.24, 2.45) is 5.92 Å². The van der Waals surface area contributed by atoms with Crippen LogP contribution in [0.1, 0.15) is 458 Å². The Hall–Kier alpha value is -1.94. The zero-order valence-corrected chi connectivity index (χ0v) is 70.0. The molecule has 0 aromatic heterocycles. The summed E-state index contributed by atoms with van der Waals surface area (Å²) in [6.07, 6.45) is 71.1. The molecule has 618 valence electrons. The van der Waals surface area contributed by atoms with Gasteiger partial charge in [-0.1, -0.05) is 407 Å². The molecule has 0 spiro atoms. The molecule has 0 radical (unpaired) electrons. The van der Waals surface area contributed by atoms with E-state index in [4.69, 9.17) is 37.0 Å². The van der Waals surface area contributed by atoms with Crippen molar-refractivity contribution < 1.29 is 80.2 Å². The minimum Gasteiger partial charge on any atom is -0.462 e. The molecule has 0 saturated heterocycles. The smallest absolute Gasteiger partial charge is 0.462 e. The van der Waals surface area contributed by atoms with Crippen LogP contribution >= 0.6 is 15.6 Å². The maximum absolute atomic E-state index is 13.1. The summed E-state index contributed by atoms with van der Waals surface area (Å²) in [7, 11) is -9.92. The van der Waals surface area contributed by atoms with Crippen LogP contribution in [0.4, 0.5) is 0 Å². The molecule has 17 nitrogen and oxygen atoms in total. The van der Waals surface area contributed by atoms with Gasteiger partial charge in [-0.2, -0.15) is 0 Å². The van der Waals surface area contributed by atoms with Gasteiger partial charge in [0, 0.05) is 25.7 Å². The molecule has 19 heteroatoms. The topological polar surface area (TPSA) is 237 Å². The number of rotatable bonds is 85. The summed E-state index contributed by atoms with van der Waals surface area (Å²) in [5.41, 5.74) is 0. The number of aliphatic hydroxyl groups excluding tert-OH is 1. The second-order valence-corrected chi connectivity index (χ2v) is 34.0. The molecule has 0 heterocycles. The van der Waals surface area contributed by atoms with Gasteiger partial charge in [-0.15, -0.1) is 0 Å². The molecular weight excluding hydrogens is 1350 g/mol. The Morgan fingerprint density at radius 1 is 0.260 bits per heavy atom. The van der Waals surface area contributed by atoms with E-state index in [-0.39, 0.29) is 25.7 Å². The molecule has 0 saturated carbocycles.